The van der Waals surface area contributed by atoms with Gasteiger partial charge in [0.15, 0.2) is 0 Å². The average molecular weight is 261 g/mol. The van der Waals surface area contributed by atoms with Crippen LogP contribution in [0.1, 0.15) is 6.42 Å². The van der Waals surface area contributed by atoms with Gasteiger partial charge >= 0.3 is 0 Å². The summed E-state index contributed by atoms with van der Waals surface area (Å²) in [5.41, 5.74) is 2.72. The third-order valence-electron chi connectivity index (χ3n) is 4.61. The molecule has 0 aromatic carbocycles. The van der Waals surface area contributed by atoms with E-state index in [1.165, 1.54) is 11.1 Å². The van der Waals surface area contributed by atoms with Crippen LogP contribution in [-0.2, 0) is 0 Å². The highest BCUT2D eigenvalue weighted by molar-refractivity contribution is 5.51. The summed E-state index contributed by atoms with van der Waals surface area (Å²) >= 11 is 0. The van der Waals surface area contributed by atoms with Gasteiger partial charge in [0, 0.05) is 23.9 Å². The van der Waals surface area contributed by atoms with Crippen molar-refractivity contribution in [1.82, 2.24) is 5.32 Å². The van der Waals surface area contributed by atoms with Crippen molar-refractivity contribution in [3.8, 4) is 0 Å². The molecular weight excluding hydrogens is 242 g/mol. The average Bonchev–Trinajstić information content (AvgIpc) is 2.67. The summed E-state index contributed by atoms with van der Waals surface area (Å²) in [4.78, 5) is 0. The van der Waals surface area contributed by atoms with Crippen LogP contribution in [0.3, 0.4) is 0 Å². The molecule has 20 heavy (non-hydrogen) atoms. The van der Waals surface area contributed by atoms with Gasteiger partial charge in [-0.15, -0.1) is 0 Å². The molecule has 0 amide bonds. The number of rotatable bonds is 1. The molecule has 4 aliphatic rings. The number of hydrogen-bond donors (Lipinski definition) is 1. The lowest BCUT2D eigenvalue weighted by Gasteiger charge is -2.23. The van der Waals surface area contributed by atoms with E-state index in [0.717, 1.165) is 6.42 Å². The first kappa shape index (κ1) is 11.9. The van der Waals surface area contributed by atoms with Gasteiger partial charge < -0.3 is 5.32 Å². The van der Waals surface area contributed by atoms with Gasteiger partial charge in [0.2, 0.25) is 0 Å². The van der Waals surface area contributed by atoms with Crippen LogP contribution in [0.5, 0.6) is 0 Å². The fraction of sp³-hybridized carbons (Fsp3) is 0.263. The maximum Gasteiger partial charge on any atom is 0.0328 e. The first-order chi connectivity index (χ1) is 9.92. The number of nitrogens with one attached hydrogen (secondary N) is 1. The Morgan fingerprint density at radius 2 is 1.70 bits per heavy atom. The zero-order valence-electron chi connectivity index (χ0n) is 11.4. The quantitative estimate of drug-likeness (QED) is 0.760. The molecule has 0 aromatic heterocycles. The first-order valence-electron chi connectivity index (χ1n) is 7.47. The Kier molecular flexibility index (Phi) is 2.93. The predicted molar refractivity (Wildman–Crippen MR) is 84.2 cm³/mol. The monoisotopic (exact) mass is 261 g/mol. The van der Waals surface area contributed by atoms with Crippen molar-refractivity contribution in [3.05, 3.63) is 84.1 Å². The molecule has 0 spiro atoms. The molecule has 1 N–H and O–H groups in total. The van der Waals surface area contributed by atoms with Crippen molar-refractivity contribution in [2.45, 2.75) is 18.5 Å². The van der Waals surface area contributed by atoms with Gasteiger partial charge in [-0.05, 0) is 17.6 Å². The van der Waals surface area contributed by atoms with Gasteiger partial charge in [-0.3, -0.25) is 0 Å². The molecule has 3 aliphatic carbocycles. The normalized spacial score (nSPS) is 37.2. The van der Waals surface area contributed by atoms with Crippen LogP contribution in [0.2, 0.25) is 0 Å². The summed E-state index contributed by atoms with van der Waals surface area (Å²) in [6, 6.07) is 0.977. The molecule has 1 aliphatic heterocycles. The Morgan fingerprint density at radius 1 is 0.800 bits per heavy atom. The van der Waals surface area contributed by atoms with Crippen LogP contribution in [-0.4, -0.2) is 12.1 Å². The van der Waals surface area contributed by atoms with E-state index in [0.29, 0.717) is 23.9 Å². The lowest BCUT2D eigenvalue weighted by molar-refractivity contribution is 0.525. The van der Waals surface area contributed by atoms with E-state index in [-0.39, 0.29) is 0 Å². The predicted octanol–water partition coefficient (Wildman–Crippen LogP) is 3.62. The van der Waals surface area contributed by atoms with E-state index in [1.807, 2.05) is 0 Å². The Balaban J connectivity index is 1.65. The standard InChI is InChI=1S/C19H19N/c1-2-4-8-14(7-3-1)15-11-12-19-17(13-15)16-9-5-6-10-18(16)20-19/h1-3,5-13,16-20H,4H2/t16?,17?,18-,19?/m1/s1. The van der Waals surface area contributed by atoms with Crippen LogP contribution in [0.25, 0.3) is 0 Å². The summed E-state index contributed by atoms with van der Waals surface area (Å²) in [5, 5.41) is 3.71. The molecule has 100 valence electrons. The van der Waals surface area contributed by atoms with Crippen LogP contribution < -0.4 is 5.32 Å². The lowest BCUT2D eigenvalue weighted by atomic mass is 9.80. The van der Waals surface area contributed by atoms with Crippen molar-refractivity contribution in [2.24, 2.45) is 11.8 Å². The van der Waals surface area contributed by atoms with Crippen molar-refractivity contribution >= 4 is 0 Å². The summed E-state index contributed by atoms with van der Waals surface area (Å²) < 4.78 is 0. The maximum atomic E-state index is 3.71. The van der Waals surface area contributed by atoms with Crippen LogP contribution in [0.15, 0.2) is 84.1 Å². The van der Waals surface area contributed by atoms with E-state index >= 15 is 0 Å². The zero-order chi connectivity index (χ0) is 13.4. The van der Waals surface area contributed by atoms with Crippen LogP contribution in [0.4, 0.5) is 0 Å². The van der Waals surface area contributed by atoms with E-state index in [4.69, 9.17) is 0 Å². The Morgan fingerprint density at radius 3 is 2.70 bits per heavy atom. The highest BCUT2D eigenvalue weighted by atomic mass is 15.0. The summed E-state index contributed by atoms with van der Waals surface area (Å²) in [6.07, 6.45) is 28.1. The molecule has 0 bridgehead atoms. The topological polar surface area (TPSA) is 12.0 Å². The van der Waals surface area contributed by atoms with Gasteiger partial charge in [0.05, 0.1) is 0 Å². The molecule has 1 saturated heterocycles. The summed E-state index contributed by atoms with van der Waals surface area (Å²) in [7, 11) is 0. The largest absolute Gasteiger partial charge is 0.303 e. The second kappa shape index (κ2) is 4.92. The van der Waals surface area contributed by atoms with Gasteiger partial charge in [0.25, 0.3) is 0 Å². The van der Waals surface area contributed by atoms with Crippen molar-refractivity contribution < 1.29 is 0 Å². The number of fused-ring (bicyclic) bond motifs is 3. The van der Waals surface area contributed by atoms with E-state index in [9.17, 15) is 0 Å². The lowest BCUT2D eigenvalue weighted by Crippen LogP contribution is -2.29. The van der Waals surface area contributed by atoms with Gasteiger partial charge in [-0.2, -0.15) is 0 Å². The zero-order valence-corrected chi connectivity index (χ0v) is 11.4. The highest BCUT2D eigenvalue weighted by Gasteiger charge is 2.39. The van der Waals surface area contributed by atoms with Gasteiger partial charge in [0.1, 0.15) is 0 Å². The third-order valence-corrected chi connectivity index (χ3v) is 4.61. The second-order valence-corrected chi connectivity index (χ2v) is 5.81. The Bertz CT molecular complexity index is 610. The molecule has 4 rings (SSSR count). The van der Waals surface area contributed by atoms with Crippen LogP contribution >= 0.6 is 0 Å². The number of allylic oxidation sites excluding steroid dienone is 10. The van der Waals surface area contributed by atoms with Crippen LogP contribution in [0, 0.1) is 11.8 Å². The van der Waals surface area contributed by atoms with E-state index < -0.39 is 0 Å². The highest BCUT2D eigenvalue weighted by Crippen LogP contribution is 2.37. The van der Waals surface area contributed by atoms with Crippen molar-refractivity contribution in [1.29, 1.82) is 0 Å². The molecule has 0 aromatic rings. The van der Waals surface area contributed by atoms with Crippen molar-refractivity contribution in [3.63, 3.8) is 0 Å². The fourth-order valence-corrected chi connectivity index (χ4v) is 3.59. The summed E-state index contributed by atoms with van der Waals surface area (Å²) in [6.45, 7) is 0. The maximum absolute atomic E-state index is 3.71. The van der Waals surface area contributed by atoms with Gasteiger partial charge in [-0.1, -0.05) is 72.9 Å². The molecule has 1 heteroatoms. The van der Waals surface area contributed by atoms with Crippen molar-refractivity contribution in [2.75, 3.05) is 0 Å². The minimum absolute atomic E-state index is 0.481. The minimum atomic E-state index is 0.481. The minimum Gasteiger partial charge on any atom is -0.303 e. The molecule has 0 radical (unpaired) electrons. The first-order valence-corrected chi connectivity index (χ1v) is 7.47. The molecule has 1 nitrogen and oxygen atoms in total. The Hall–Kier alpha value is -1.86. The molecular formula is C19H19N. The molecule has 0 saturated carbocycles. The van der Waals surface area contributed by atoms with Gasteiger partial charge in [-0.25, -0.2) is 0 Å². The van der Waals surface area contributed by atoms with E-state index in [2.05, 4.69) is 78.2 Å². The second-order valence-electron chi connectivity index (χ2n) is 5.81. The van der Waals surface area contributed by atoms with E-state index in [1.54, 1.807) is 0 Å². The third kappa shape index (κ3) is 1.99. The molecule has 3 unspecified atom stereocenters. The smallest absolute Gasteiger partial charge is 0.0328 e. The summed E-state index contributed by atoms with van der Waals surface area (Å²) in [5.74, 6) is 1.17. The molecule has 4 atom stereocenters. The number of hydrogen-bond acceptors (Lipinski definition) is 1. The molecule has 1 heterocycles. The SMILES string of the molecule is C1=CCC=C(C2=CC3C(C=C2)N[C@@H]2C=CC=CC32)C=C1. The molecule has 1 fully saturated rings. The fourth-order valence-electron chi connectivity index (χ4n) is 3.59. The Labute approximate surface area is 120 Å².